The summed E-state index contributed by atoms with van der Waals surface area (Å²) in [5.74, 6) is 1.33. The third kappa shape index (κ3) is 2.25. The van der Waals surface area contributed by atoms with Gasteiger partial charge in [-0.15, -0.1) is 0 Å². The third-order valence-electron chi connectivity index (χ3n) is 2.96. The molecule has 90 valence electrons. The second kappa shape index (κ2) is 4.35. The average Bonchev–Trinajstić information content (AvgIpc) is 3.00. The Morgan fingerprint density at radius 3 is 3.12 bits per heavy atom. The molecule has 1 aliphatic heterocycles. The molecular formula is C12H14N2O3. The molecule has 3 rings (SSSR count). The van der Waals surface area contributed by atoms with E-state index in [1.54, 1.807) is 6.26 Å². The number of aliphatic hydroxyl groups excluding tert-OH is 1. The van der Waals surface area contributed by atoms with Crippen LogP contribution in [0.25, 0.3) is 11.5 Å². The molecule has 1 saturated heterocycles. The van der Waals surface area contributed by atoms with Gasteiger partial charge in [-0.2, -0.15) is 0 Å². The summed E-state index contributed by atoms with van der Waals surface area (Å²) >= 11 is 0. The highest BCUT2D eigenvalue weighted by Gasteiger charge is 2.21. The molecular weight excluding hydrogens is 220 g/mol. The monoisotopic (exact) mass is 234 g/mol. The highest BCUT2D eigenvalue weighted by molar-refractivity contribution is 5.49. The van der Waals surface area contributed by atoms with Crippen molar-refractivity contribution in [3.05, 3.63) is 30.2 Å². The first-order valence-corrected chi connectivity index (χ1v) is 5.71. The van der Waals surface area contributed by atoms with Crippen LogP contribution < -0.4 is 0 Å². The normalized spacial score (nSPS) is 21.1. The van der Waals surface area contributed by atoms with E-state index < -0.39 is 0 Å². The van der Waals surface area contributed by atoms with Gasteiger partial charge >= 0.3 is 0 Å². The van der Waals surface area contributed by atoms with Gasteiger partial charge in [0.25, 0.3) is 0 Å². The molecule has 0 saturated carbocycles. The van der Waals surface area contributed by atoms with Crippen molar-refractivity contribution < 1.29 is 14.0 Å². The number of hydrogen-bond donors (Lipinski definition) is 1. The minimum atomic E-state index is -0.202. The Morgan fingerprint density at radius 1 is 1.47 bits per heavy atom. The number of rotatable bonds is 3. The lowest BCUT2D eigenvalue weighted by Gasteiger charge is -2.11. The highest BCUT2D eigenvalue weighted by atomic mass is 16.5. The van der Waals surface area contributed by atoms with Gasteiger partial charge in [0.05, 0.1) is 18.1 Å². The van der Waals surface area contributed by atoms with Crippen molar-refractivity contribution in [1.82, 2.24) is 10.1 Å². The van der Waals surface area contributed by atoms with Crippen LogP contribution in [0.5, 0.6) is 0 Å². The summed E-state index contributed by atoms with van der Waals surface area (Å²) in [5.41, 5.74) is 0.866. The summed E-state index contributed by atoms with van der Waals surface area (Å²) in [6.07, 6.45) is 2.24. The minimum absolute atomic E-state index is 0.202. The lowest BCUT2D eigenvalue weighted by Crippen LogP contribution is -2.21. The predicted molar refractivity (Wildman–Crippen MR) is 60.1 cm³/mol. The molecule has 0 radical (unpaired) electrons. The van der Waals surface area contributed by atoms with Crippen molar-refractivity contribution >= 4 is 0 Å². The summed E-state index contributed by atoms with van der Waals surface area (Å²) < 4.78 is 10.4. The van der Waals surface area contributed by atoms with E-state index in [9.17, 15) is 5.11 Å². The van der Waals surface area contributed by atoms with E-state index in [0.29, 0.717) is 24.6 Å². The Morgan fingerprint density at radius 2 is 2.41 bits per heavy atom. The van der Waals surface area contributed by atoms with Crippen molar-refractivity contribution in [2.75, 3.05) is 13.1 Å². The standard InChI is InChI=1S/C12H14N2O3/c15-10-3-4-14(8-10)7-9-6-12(17-13-9)11-2-1-5-16-11/h1-2,5-6,10,15H,3-4,7-8H2/t10-/m1/s1. The Balaban J connectivity index is 1.69. The van der Waals surface area contributed by atoms with E-state index >= 15 is 0 Å². The molecule has 0 aromatic carbocycles. The van der Waals surface area contributed by atoms with Crippen LogP contribution in [0.1, 0.15) is 12.1 Å². The van der Waals surface area contributed by atoms with Gasteiger partial charge in [-0.05, 0) is 18.6 Å². The maximum absolute atomic E-state index is 9.43. The van der Waals surface area contributed by atoms with Crippen molar-refractivity contribution in [3.8, 4) is 11.5 Å². The quantitative estimate of drug-likeness (QED) is 0.872. The number of aromatic nitrogens is 1. The zero-order valence-electron chi connectivity index (χ0n) is 9.37. The van der Waals surface area contributed by atoms with Gasteiger partial charge in [0, 0.05) is 25.7 Å². The van der Waals surface area contributed by atoms with Gasteiger partial charge in [0.1, 0.15) is 0 Å². The van der Waals surface area contributed by atoms with Gasteiger partial charge < -0.3 is 14.0 Å². The molecule has 0 amide bonds. The molecule has 3 heterocycles. The van der Waals surface area contributed by atoms with Gasteiger partial charge in [-0.25, -0.2) is 0 Å². The molecule has 1 atom stereocenters. The zero-order valence-corrected chi connectivity index (χ0v) is 9.37. The number of β-amino-alcohol motifs (C(OH)–C–C–N with tert-alkyl or cyclic N) is 1. The first kappa shape index (κ1) is 10.6. The summed E-state index contributed by atoms with van der Waals surface area (Å²) in [7, 11) is 0. The number of likely N-dealkylation sites (tertiary alicyclic amines) is 1. The van der Waals surface area contributed by atoms with Crippen LogP contribution in [-0.2, 0) is 6.54 Å². The lowest BCUT2D eigenvalue weighted by molar-refractivity contribution is 0.174. The van der Waals surface area contributed by atoms with Crippen molar-refractivity contribution in [2.45, 2.75) is 19.1 Å². The molecule has 5 nitrogen and oxygen atoms in total. The fourth-order valence-electron chi connectivity index (χ4n) is 2.11. The van der Waals surface area contributed by atoms with E-state index in [1.165, 1.54) is 0 Å². The average molecular weight is 234 g/mol. The van der Waals surface area contributed by atoms with Crippen LogP contribution >= 0.6 is 0 Å². The zero-order chi connectivity index (χ0) is 11.7. The van der Waals surface area contributed by atoms with Crippen molar-refractivity contribution in [1.29, 1.82) is 0 Å². The van der Waals surface area contributed by atoms with Crippen LogP contribution in [0.15, 0.2) is 33.4 Å². The van der Waals surface area contributed by atoms with E-state index in [2.05, 4.69) is 10.1 Å². The second-order valence-electron chi connectivity index (χ2n) is 4.34. The predicted octanol–water partition coefficient (Wildman–Crippen LogP) is 1.50. The summed E-state index contributed by atoms with van der Waals surface area (Å²) in [5, 5.41) is 13.4. The number of furan rings is 1. The van der Waals surface area contributed by atoms with E-state index in [0.717, 1.165) is 18.7 Å². The van der Waals surface area contributed by atoms with Gasteiger partial charge in [-0.1, -0.05) is 5.16 Å². The van der Waals surface area contributed by atoms with Crippen molar-refractivity contribution in [2.24, 2.45) is 0 Å². The maximum Gasteiger partial charge on any atom is 0.202 e. The van der Waals surface area contributed by atoms with Crippen LogP contribution in [0.3, 0.4) is 0 Å². The molecule has 0 aliphatic carbocycles. The molecule has 17 heavy (non-hydrogen) atoms. The first-order valence-electron chi connectivity index (χ1n) is 5.71. The number of nitrogens with zero attached hydrogens (tertiary/aromatic N) is 2. The third-order valence-corrected chi connectivity index (χ3v) is 2.96. The van der Waals surface area contributed by atoms with E-state index in [1.807, 2.05) is 18.2 Å². The molecule has 2 aromatic heterocycles. The molecule has 2 aromatic rings. The Kier molecular flexibility index (Phi) is 2.70. The molecule has 1 aliphatic rings. The van der Waals surface area contributed by atoms with Crippen molar-refractivity contribution in [3.63, 3.8) is 0 Å². The van der Waals surface area contributed by atoms with E-state index in [4.69, 9.17) is 8.94 Å². The second-order valence-corrected chi connectivity index (χ2v) is 4.34. The maximum atomic E-state index is 9.43. The van der Waals surface area contributed by atoms with E-state index in [-0.39, 0.29) is 6.10 Å². The fourth-order valence-corrected chi connectivity index (χ4v) is 2.11. The fraction of sp³-hybridized carbons (Fsp3) is 0.417. The Hall–Kier alpha value is -1.59. The van der Waals surface area contributed by atoms with Gasteiger partial charge in [0.15, 0.2) is 5.76 Å². The number of aliphatic hydroxyl groups is 1. The topological polar surface area (TPSA) is 62.6 Å². The number of hydrogen-bond acceptors (Lipinski definition) is 5. The van der Waals surface area contributed by atoms with Gasteiger partial charge in [0.2, 0.25) is 5.76 Å². The van der Waals surface area contributed by atoms with Crippen LogP contribution in [0, 0.1) is 0 Å². The smallest absolute Gasteiger partial charge is 0.202 e. The molecule has 0 unspecified atom stereocenters. The summed E-state index contributed by atoms with van der Waals surface area (Å²) in [6.45, 7) is 2.33. The SMILES string of the molecule is O[C@@H]1CCN(Cc2cc(-c3ccco3)on2)C1. The minimum Gasteiger partial charge on any atom is -0.461 e. The molecule has 0 spiro atoms. The molecule has 1 N–H and O–H groups in total. The van der Waals surface area contributed by atoms with Crippen LogP contribution in [0.4, 0.5) is 0 Å². The van der Waals surface area contributed by atoms with Gasteiger partial charge in [-0.3, -0.25) is 4.90 Å². The summed E-state index contributed by atoms with van der Waals surface area (Å²) in [6, 6.07) is 5.53. The first-order chi connectivity index (χ1) is 8.31. The lowest BCUT2D eigenvalue weighted by atomic mass is 10.3. The summed E-state index contributed by atoms with van der Waals surface area (Å²) in [4.78, 5) is 2.16. The Bertz CT molecular complexity index is 478. The highest BCUT2D eigenvalue weighted by Crippen LogP contribution is 2.21. The molecule has 0 bridgehead atoms. The molecule has 1 fully saturated rings. The Labute approximate surface area is 98.6 Å². The largest absolute Gasteiger partial charge is 0.461 e. The van der Waals surface area contributed by atoms with Crippen LogP contribution in [0.2, 0.25) is 0 Å². The van der Waals surface area contributed by atoms with Crippen LogP contribution in [-0.4, -0.2) is 34.4 Å². The molecule has 5 heteroatoms.